The van der Waals surface area contributed by atoms with Crippen LogP contribution in [0.25, 0.3) is 0 Å². The number of hydrogen-bond acceptors (Lipinski definition) is 5. The number of aryl methyl sites for hydroxylation is 1. The van der Waals surface area contributed by atoms with Crippen molar-refractivity contribution in [1.82, 2.24) is 0 Å². The third kappa shape index (κ3) is 5.07. The molecular formula is C23H31N3OS. The molecule has 0 aromatic heterocycles. The molecule has 4 nitrogen and oxygen atoms in total. The molecule has 0 spiro atoms. The molecule has 0 unspecified atom stereocenters. The summed E-state index contributed by atoms with van der Waals surface area (Å²) >= 11 is 1.92. The number of aromatic hydroxyl groups is 1. The maximum atomic E-state index is 10.6. The number of anilines is 1. The van der Waals surface area contributed by atoms with Gasteiger partial charge in [-0.05, 0) is 55.0 Å². The molecule has 28 heavy (non-hydrogen) atoms. The van der Waals surface area contributed by atoms with Crippen LogP contribution in [0.5, 0.6) is 5.75 Å². The zero-order valence-electron chi connectivity index (χ0n) is 17.3. The largest absolute Gasteiger partial charge is 0.505 e. The fourth-order valence-corrected chi connectivity index (χ4v) is 4.88. The quantitative estimate of drug-likeness (QED) is 0.416. The Morgan fingerprint density at radius 3 is 2.32 bits per heavy atom. The third-order valence-electron chi connectivity index (χ3n) is 5.16. The molecular weight excluding hydrogens is 366 g/mol. The van der Waals surface area contributed by atoms with E-state index in [0.29, 0.717) is 22.3 Å². The van der Waals surface area contributed by atoms with Gasteiger partial charge in [0.05, 0.1) is 5.69 Å². The Labute approximate surface area is 172 Å². The molecule has 3 rings (SSSR count). The van der Waals surface area contributed by atoms with Crippen molar-refractivity contribution in [2.75, 3.05) is 5.73 Å². The third-order valence-corrected chi connectivity index (χ3v) is 6.49. The Bertz CT molecular complexity index is 865. The van der Waals surface area contributed by atoms with Gasteiger partial charge in [-0.3, -0.25) is 0 Å². The first-order valence-electron chi connectivity index (χ1n) is 10.1. The van der Waals surface area contributed by atoms with Gasteiger partial charge < -0.3 is 10.8 Å². The lowest BCUT2D eigenvalue weighted by Gasteiger charge is -2.21. The van der Waals surface area contributed by atoms with Gasteiger partial charge in [0.25, 0.3) is 0 Å². The summed E-state index contributed by atoms with van der Waals surface area (Å²) in [5.41, 5.74) is 9.70. The van der Waals surface area contributed by atoms with Crippen LogP contribution in [-0.2, 0) is 5.41 Å². The van der Waals surface area contributed by atoms with Crippen molar-refractivity contribution >= 4 is 28.8 Å². The first-order valence-corrected chi connectivity index (χ1v) is 10.9. The van der Waals surface area contributed by atoms with Crippen molar-refractivity contribution in [2.24, 2.45) is 10.2 Å². The van der Waals surface area contributed by atoms with Gasteiger partial charge in [-0.1, -0.05) is 46.1 Å². The van der Waals surface area contributed by atoms with Crippen molar-refractivity contribution < 1.29 is 5.11 Å². The highest BCUT2D eigenvalue weighted by atomic mass is 32.2. The molecule has 2 aromatic rings. The minimum Gasteiger partial charge on any atom is -0.505 e. The van der Waals surface area contributed by atoms with Gasteiger partial charge in [0, 0.05) is 15.7 Å². The van der Waals surface area contributed by atoms with Crippen molar-refractivity contribution in [3.8, 4) is 5.75 Å². The molecule has 0 radical (unpaired) electrons. The van der Waals surface area contributed by atoms with Gasteiger partial charge in [0.1, 0.15) is 17.1 Å². The summed E-state index contributed by atoms with van der Waals surface area (Å²) in [5.74, 6) is 0.185. The molecule has 0 saturated heterocycles. The minimum absolute atomic E-state index is 0.169. The van der Waals surface area contributed by atoms with Gasteiger partial charge in [0.2, 0.25) is 0 Å². The number of nitrogen functional groups attached to an aromatic ring is 1. The Hall–Kier alpha value is -2.01. The molecule has 0 heterocycles. The van der Waals surface area contributed by atoms with E-state index < -0.39 is 0 Å². The maximum Gasteiger partial charge on any atom is 0.146 e. The molecule has 0 atom stereocenters. The highest BCUT2D eigenvalue weighted by Crippen LogP contribution is 2.40. The molecule has 2 aromatic carbocycles. The van der Waals surface area contributed by atoms with Crippen LogP contribution >= 0.6 is 11.8 Å². The van der Waals surface area contributed by atoms with E-state index in [1.165, 1.54) is 37.0 Å². The predicted molar refractivity (Wildman–Crippen MR) is 119 cm³/mol. The first kappa shape index (κ1) is 20.7. The molecule has 1 fully saturated rings. The van der Waals surface area contributed by atoms with Crippen LogP contribution in [0.2, 0.25) is 0 Å². The van der Waals surface area contributed by atoms with Gasteiger partial charge >= 0.3 is 0 Å². The van der Waals surface area contributed by atoms with Crippen LogP contribution in [-0.4, -0.2) is 10.4 Å². The highest BCUT2D eigenvalue weighted by Gasteiger charge is 2.21. The van der Waals surface area contributed by atoms with Gasteiger partial charge in [-0.2, -0.15) is 0 Å². The second-order valence-corrected chi connectivity index (χ2v) is 10.1. The second kappa shape index (κ2) is 8.56. The van der Waals surface area contributed by atoms with Gasteiger partial charge in [-0.25, -0.2) is 0 Å². The normalized spacial score (nSPS) is 16.0. The summed E-state index contributed by atoms with van der Waals surface area (Å²) in [4.78, 5) is 1.19. The van der Waals surface area contributed by atoms with Crippen molar-refractivity contribution in [2.45, 2.75) is 75.4 Å². The molecule has 150 valence electrons. The van der Waals surface area contributed by atoms with Gasteiger partial charge in [0.15, 0.2) is 0 Å². The van der Waals surface area contributed by atoms with Crippen LogP contribution in [0.4, 0.5) is 17.1 Å². The fourth-order valence-electron chi connectivity index (χ4n) is 3.59. The summed E-state index contributed by atoms with van der Waals surface area (Å²) in [5, 5.41) is 20.0. The number of rotatable bonds is 4. The van der Waals surface area contributed by atoms with E-state index >= 15 is 0 Å². The molecule has 1 aliphatic rings. The number of hydrogen-bond donors (Lipinski definition) is 2. The fraction of sp³-hybridized carbons (Fsp3) is 0.478. The van der Waals surface area contributed by atoms with E-state index in [2.05, 4.69) is 37.1 Å². The average Bonchev–Trinajstić information content (AvgIpc) is 2.63. The van der Waals surface area contributed by atoms with E-state index in [4.69, 9.17) is 5.73 Å². The summed E-state index contributed by atoms with van der Waals surface area (Å²) in [6.45, 7) is 8.22. The Morgan fingerprint density at radius 2 is 1.68 bits per heavy atom. The number of phenols is 1. The minimum atomic E-state index is -0.169. The Balaban J connectivity index is 1.80. The molecule has 0 amide bonds. The Morgan fingerprint density at radius 1 is 1.00 bits per heavy atom. The van der Waals surface area contributed by atoms with Crippen LogP contribution in [0.15, 0.2) is 45.5 Å². The molecule has 0 aliphatic heterocycles. The monoisotopic (exact) mass is 397 g/mol. The van der Waals surface area contributed by atoms with Crippen molar-refractivity contribution in [3.63, 3.8) is 0 Å². The van der Waals surface area contributed by atoms with Crippen molar-refractivity contribution in [3.05, 3.63) is 41.5 Å². The number of nitrogens with two attached hydrogens (primary N) is 1. The number of benzene rings is 2. The van der Waals surface area contributed by atoms with Crippen LogP contribution < -0.4 is 5.73 Å². The molecule has 1 saturated carbocycles. The summed E-state index contributed by atoms with van der Waals surface area (Å²) in [7, 11) is 0. The second-order valence-electron chi connectivity index (χ2n) is 8.73. The Kier molecular flexibility index (Phi) is 6.33. The summed E-state index contributed by atoms with van der Waals surface area (Å²) in [6, 6.07) is 9.82. The van der Waals surface area contributed by atoms with Crippen LogP contribution in [0.1, 0.15) is 64.0 Å². The predicted octanol–water partition coefficient (Wildman–Crippen LogP) is 7.42. The molecule has 5 heteroatoms. The van der Waals surface area contributed by atoms with E-state index in [1.807, 2.05) is 43.0 Å². The standard InChI is InChI=1S/C23H31N3OS/c1-15-12-18(23(2,3)4)22(27)21(13-15)26-25-20-11-10-17(14-19(20)24)28-16-8-6-5-7-9-16/h10-14,16,27H,5-9,24H2,1-4H3. The van der Waals surface area contributed by atoms with Gasteiger partial charge in [-0.15, -0.1) is 22.0 Å². The smallest absolute Gasteiger partial charge is 0.146 e. The highest BCUT2D eigenvalue weighted by molar-refractivity contribution is 8.00. The number of phenolic OH excluding ortho intramolecular Hbond substituents is 1. The van der Waals surface area contributed by atoms with Crippen LogP contribution in [0, 0.1) is 6.92 Å². The first-order chi connectivity index (χ1) is 13.2. The maximum absolute atomic E-state index is 10.6. The topological polar surface area (TPSA) is 71.0 Å². The lowest BCUT2D eigenvalue weighted by molar-refractivity contribution is 0.447. The van der Waals surface area contributed by atoms with E-state index in [9.17, 15) is 5.11 Å². The zero-order valence-corrected chi connectivity index (χ0v) is 18.1. The summed E-state index contributed by atoms with van der Waals surface area (Å²) < 4.78 is 0. The number of nitrogens with zero attached hydrogens (tertiary/aromatic N) is 2. The molecule has 0 bridgehead atoms. The van der Waals surface area contributed by atoms with E-state index in [0.717, 1.165) is 11.1 Å². The van der Waals surface area contributed by atoms with E-state index in [-0.39, 0.29) is 11.2 Å². The lowest BCUT2D eigenvalue weighted by Crippen LogP contribution is -2.11. The average molecular weight is 398 g/mol. The number of azo groups is 1. The SMILES string of the molecule is Cc1cc(N=Nc2ccc(SC3CCCCC3)cc2N)c(O)c(C(C)(C)C)c1. The zero-order chi connectivity index (χ0) is 20.3. The van der Waals surface area contributed by atoms with Crippen molar-refractivity contribution in [1.29, 1.82) is 0 Å². The van der Waals surface area contributed by atoms with E-state index in [1.54, 1.807) is 0 Å². The molecule has 3 N–H and O–H groups in total. The summed E-state index contributed by atoms with van der Waals surface area (Å²) in [6.07, 6.45) is 6.59. The lowest BCUT2D eigenvalue weighted by atomic mass is 9.85. The van der Waals surface area contributed by atoms with Crippen LogP contribution in [0.3, 0.4) is 0 Å². The molecule has 1 aliphatic carbocycles. The number of thioether (sulfide) groups is 1.